The summed E-state index contributed by atoms with van der Waals surface area (Å²) >= 11 is 0. The van der Waals surface area contributed by atoms with Crippen LogP contribution in [0.15, 0.2) is 30.3 Å². The Bertz CT molecular complexity index is 520. The molecule has 1 rings (SSSR count). The summed E-state index contributed by atoms with van der Waals surface area (Å²) in [4.78, 5) is 12.1. The summed E-state index contributed by atoms with van der Waals surface area (Å²) in [6.45, 7) is 2.44. The molecule has 0 spiro atoms. The average molecular weight is 434 g/mol. The average Bonchev–Trinajstić information content (AvgIpc) is 2.79. The van der Waals surface area contributed by atoms with E-state index in [1.165, 1.54) is 83.5 Å². The number of carbonyl (C=O) groups is 1. The molecule has 0 unspecified atom stereocenters. The normalized spacial score (nSPS) is 11.9. The van der Waals surface area contributed by atoms with E-state index in [0.29, 0.717) is 6.42 Å². The van der Waals surface area contributed by atoms with Gasteiger partial charge in [-0.1, -0.05) is 115 Å². The fourth-order valence-corrected chi connectivity index (χ4v) is 3.81. The van der Waals surface area contributed by atoms with Gasteiger partial charge in [-0.25, -0.2) is 0 Å². The Kier molecular flexibility index (Phi) is 18.0. The third-order valence-corrected chi connectivity index (χ3v) is 5.79. The van der Waals surface area contributed by atoms with Crippen LogP contribution in [-0.4, -0.2) is 30.3 Å². The van der Waals surface area contributed by atoms with E-state index < -0.39 is 0 Å². The molecule has 2 N–H and O–H groups in total. The van der Waals surface area contributed by atoms with Gasteiger partial charge in [0.2, 0.25) is 5.91 Å². The molecular weight excluding hydrogens is 386 g/mol. The molecule has 0 saturated heterocycles. The van der Waals surface area contributed by atoms with Crippen molar-refractivity contribution in [3.05, 3.63) is 30.3 Å². The lowest BCUT2D eigenvalue weighted by molar-refractivity contribution is -0.122. The lowest BCUT2D eigenvalue weighted by atomic mass is 10.0. The van der Waals surface area contributed by atoms with Gasteiger partial charge in [-0.2, -0.15) is 0 Å². The number of hydrogen-bond acceptors (Lipinski definition) is 3. The van der Waals surface area contributed by atoms with Gasteiger partial charge in [0.25, 0.3) is 0 Å². The van der Waals surface area contributed by atoms with Crippen molar-refractivity contribution >= 4 is 5.91 Å². The third-order valence-electron chi connectivity index (χ3n) is 5.79. The van der Waals surface area contributed by atoms with Gasteiger partial charge in [-0.3, -0.25) is 4.79 Å². The predicted molar refractivity (Wildman–Crippen MR) is 130 cm³/mol. The second-order valence-corrected chi connectivity index (χ2v) is 8.77. The fourth-order valence-electron chi connectivity index (χ4n) is 3.81. The Morgan fingerprint density at radius 3 is 1.77 bits per heavy atom. The van der Waals surface area contributed by atoms with E-state index in [4.69, 9.17) is 4.74 Å². The van der Waals surface area contributed by atoms with E-state index in [0.717, 1.165) is 18.6 Å². The number of ether oxygens (including phenoxy) is 1. The zero-order chi connectivity index (χ0) is 22.4. The van der Waals surface area contributed by atoms with Gasteiger partial charge in [0, 0.05) is 6.42 Å². The van der Waals surface area contributed by atoms with Crippen molar-refractivity contribution in [3.63, 3.8) is 0 Å². The number of amides is 1. The van der Waals surface area contributed by atoms with Crippen LogP contribution in [0.1, 0.15) is 110 Å². The van der Waals surface area contributed by atoms with Gasteiger partial charge in [-0.15, -0.1) is 0 Å². The first-order valence-electron chi connectivity index (χ1n) is 12.8. The minimum absolute atomic E-state index is 0.00501. The molecule has 1 amide bonds. The summed E-state index contributed by atoms with van der Waals surface area (Å²) < 4.78 is 5.62. The molecule has 31 heavy (non-hydrogen) atoms. The Morgan fingerprint density at radius 1 is 0.806 bits per heavy atom. The van der Waals surface area contributed by atoms with Gasteiger partial charge in [0.15, 0.2) is 0 Å². The lowest BCUT2D eigenvalue weighted by Gasteiger charge is -2.17. The quantitative estimate of drug-likeness (QED) is 0.209. The summed E-state index contributed by atoms with van der Waals surface area (Å²) in [7, 11) is 0. The SMILES string of the molecule is CCCCCCCCCCCCCCCCCC(=O)N[C@H](CO)COc1ccccc1. The number of aliphatic hydroxyl groups excluding tert-OH is 1. The minimum Gasteiger partial charge on any atom is -0.491 e. The molecule has 0 aliphatic heterocycles. The van der Waals surface area contributed by atoms with Crippen LogP contribution in [0, 0.1) is 0 Å². The van der Waals surface area contributed by atoms with Crippen LogP contribution >= 0.6 is 0 Å². The number of nitrogens with one attached hydrogen (secondary N) is 1. The van der Waals surface area contributed by atoms with Crippen molar-refractivity contribution in [2.24, 2.45) is 0 Å². The van der Waals surface area contributed by atoms with Crippen LogP contribution in [0.25, 0.3) is 0 Å². The molecule has 4 heteroatoms. The number of rotatable bonds is 21. The number of benzene rings is 1. The van der Waals surface area contributed by atoms with E-state index in [-0.39, 0.29) is 25.2 Å². The smallest absolute Gasteiger partial charge is 0.220 e. The minimum atomic E-state index is -0.357. The maximum Gasteiger partial charge on any atom is 0.220 e. The summed E-state index contributed by atoms with van der Waals surface area (Å²) in [5.41, 5.74) is 0. The lowest BCUT2D eigenvalue weighted by Crippen LogP contribution is -2.41. The molecule has 0 aromatic heterocycles. The molecular formula is C27H47NO3. The molecule has 4 nitrogen and oxygen atoms in total. The Balaban J connectivity index is 1.88. The van der Waals surface area contributed by atoms with Gasteiger partial charge in [0.05, 0.1) is 12.6 Å². The van der Waals surface area contributed by atoms with Gasteiger partial charge < -0.3 is 15.2 Å². The summed E-state index contributed by atoms with van der Waals surface area (Å²) in [5.74, 6) is 0.753. The molecule has 0 heterocycles. The maximum atomic E-state index is 12.1. The first-order chi connectivity index (χ1) is 15.3. The number of hydrogen-bond donors (Lipinski definition) is 2. The van der Waals surface area contributed by atoms with Crippen molar-refractivity contribution in [1.29, 1.82) is 0 Å². The second kappa shape index (κ2) is 20.4. The largest absolute Gasteiger partial charge is 0.491 e. The number of para-hydroxylation sites is 1. The van der Waals surface area contributed by atoms with E-state index in [1.807, 2.05) is 30.3 Å². The Morgan fingerprint density at radius 2 is 1.29 bits per heavy atom. The molecule has 0 aliphatic carbocycles. The van der Waals surface area contributed by atoms with Gasteiger partial charge in [0.1, 0.15) is 12.4 Å². The van der Waals surface area contributed by atoms with Crippen molar-refractivity contribution < 1.29 is 14.6 Å². The van der Waals surface area contributed by atoms with Crippen molar-refractivity contribution in [3.8, 4) is 5.75 Å². The molecule has 0 radical (unpaired) electrons. The molecule has 178 valence electrons. The first-order valence-corrected chi connectivity index (χ1v) is 12.8. The Hall–Kier alpha value is -1.55. The first kappa shape index (κ1) is 27.5. The molecule has 0 saturated carbocycles. The standard InChI is InChI=1S/C27H47NO3/c1-2-3-4-5-6-7-8-9-10-11-12-13-14-15-19-22-27(30)28-25(23-29)24-31-26-20-17-16-18-21-26/h16-18,20-21,25,29H,2-15,19,22-24H2,1H3,(H,28,30)/t25-/m1/s1. The summed E-state index contributed by atoms with van der Waals surface area (Å²) in [6.07, 6.45) is 20.3. The molecule has 0 aliphatic rings. The van der Waals surface area contributed by atoms with Crippen LogP contribution in [0.2, 0.25) is 0 Å². The van der Waals surface area contributed by atoms with Crippen LogP contribution < -0.4 is 10.1 Å². The molecule has 1 aromatic rings. The van der Waals surface area contributed by atoms with Crippen molar-refractivity contribution in [1.82, 2.24) is 5.32 Å². The van der Waals surface area contributed by atoms with Gasteiger partial charge >= 0.3 is 0 Å². The number of unbranched alkanes of at least 4 members (excludes halogenated alkanes) is 14. The number of aliphatic hydroxyl groups is 1. The zero-order valence-corrected chi connectivity index (χ0v) is 20.0. The van der Waals surface area contributed by atoms with Crippen molar-refractivity contribution in [2.75, 3.05) is 13.2 Å². The molecule has 0 bridgehead atoms. The van der Waals surface area contributed by atoms with E-state index in [9.17, 15) is 9.90 Å². The monoisotopic (exact) mass is 433 g/mol. The molecule has 1 atom stereocenters. The van der Waals surface area contributed by atoms with Crippen LogP contribution in [0.5, 0.6) is 5.75 Å². The van der Waals surface area contributed by atoms with E-state index in [1.54, 1.807) is 0 Å². The van der Waals surface area contributed by atoms with Crippen LogP contribution in [-0.2, 0) is 4.79 Å². The summed E-state index contributed by atoms with van der Waals surface area (Å²) in [5, 5.41) is 12.3. The topological polar surface area (TPSA) is 58.6 Å². The van der Waals surface area contributed by atoms with E-state index in [2.05, 4.69) is 12.2 Å². The van der Waals surface area contributed by atoms with Crippen LogP contribution in [0.3, 0.4) is 0 Å². The summed E-state index contributed by atoms with van der Waals surface area (Å²) in [6, 6.07) is 9.10. The van der Waals surface area contributed by atoms with Gasteiger partial charge in [-0.05, 0) is 18.6 Å². The second-order valence-electron chi connectivity index (χ2n) is 8.77. The highest BCUT2D eigenvalue weighted by atomic mass is 16.5. The predicted octanol–water partition coefficient (Wildman–Crippen LogP) is 6.80. The van der Waals surface area contributed by atoms with Crippen molar-refractivity contribution in [2.45, 2.75) is 116 Å². The van der Waals surface area contributed by atoms with E-state index >= 15 is 0 Å². The molecule has 1 aromatic carbocycles. The third kappa shape index (κ3) is 16.8. The highest BCUT2D eigenvalue weighted by Gasteiger charge is 2.12. The number of carbonyl (C=O) groups excluding carboxylic acids is 1. The van der Waals surface area contributed by atoms with Crippen LogP contribution in [0.4, 0.5) is 0 Å². The maximum absolute atomic E-state index is 12.1. The fraction of sp³-hybridized carbons (Fsp3) is 0.741. The highest BCUT2D eigenvalue weighted by Crippen LogP contribution is 2.14. The Labute approximate surface area is 191 Å². The molecule has 0 fully saturated rings. The zero-order valence-electron chi connectivity index (χ0n) is 20.0. The highest BCUT2D eigenvalue weighted by molar-refractivity contribution is 5.76.